The molecule has 0 spiro atoms. The largest absolute Gasteiger partial charge is 0.480 e. The molecule has 2 aromatic heterocycles. The van der Waals surface area contributed by atoms with E-state index < -0.39 is 12.0 Å². The van der Waals surface area contributed by atoms with Crippen molar-refractivity contribution >= 4 is 17.3 Å². The molecule has 1 fully saturated rings. The number of carbonyl (C=O) groups is 1. The minimum absolute atomic E-state index is 0.135. The number of rotatable bonds is 4. The predicted octanol–water partition coefficient (Wildman–Crippen LogP) is 2.48. The van der Waals surface area contributed by atoms with Crippen molar-refractivity contribution < 1.29 is 14.3 Å². The van der Waals surface area contributed by atoms with Gasteiger partial charge < -0.3 is 9.52 Å². The van der Waals surface area contributed by atoms with Crippen molar-refractivity contribution in [1.29, 1.82) is 0 Å². The van der Waals surface area contributed by atoms with Crippen molar-refractivity contribution in [3.05, 3.63) is 23.4 Å². The number of likely N-dealkylation sites (tertiary alicyclic amines) is 1. The first-order valence-corrected chi connectivity index (χ1v) is 7.86. The summed E-state index contributed by atoms with van der Waals surface area (Å²) < 4.78 is 5.65. The molecule has 0 radical (unpaired) electrons. The first kappa shape index (κ1) is 14.2. The lowest BCUT2D eigenvalue weighted by molar-refractivity contribution is -0.147. The lowest BCUT2D eigenvalue weighted by atomic mass is 9.91. The molecule has 0 aliphatic carbocycles. The van der Waals surface area contributed by atoms with E-state index in [0.29, 0.717) is 18.3 Å². The SMILES string of the molecule is CC1CCCN(Cc2nnc(-c3cccs3)o2)C1C(=O)O. The van der Waals surface area contributed by atoms with E-state index in [1.54, 1.807) is 0 Å². The zero-order valence-corrected chi connectivity index (χ0v) is 12.5. The summed E-state index contributed by atoms with van der Waals surface area (Å²) in [4.78, 5) is 14.3. The van der Waals surface area contributed by atoms with Crippen LogP contribution in [0.5, 0.6) is 0 Å². The van der Waals surface area contributed by atoms with Crippen LogP contribution in [0.3, 0.4) is 0 Å². The van der Waals surface area contributed by atoms with E-state index in [2.05, 4.69) is 10.2 Å². The van der Waals surface area contributed by atoms with Gasteiger partial charge in [-0.3, -0.25) is 9.69 Å². The maximum absolute atomic E-state index is 11.5. The first-order valence-electron chi connectivity index (χ1n) is 6.98. The Morgan fingerprint density at radius 1 is 1.57 bits per heavy atom. The average molecular weight is 307 g/mol. The van der Waals surface area contributed by atoms with Crippen LogP contribution >= 0.6 is 11.3 Å². The number of aliphatic carboxylic acids is 1. The molecule has 1 aliphatic heterocycles. The van der Waals surface area contributed by atoms with Crippen molar-refractivity contribution in [2.45, 2.75) is 32.4 Å². The molecule has 21 heavy (non-hydrogen) atoms. The molecule has 0 aromatic carbocycles. The summed E-state index contributed by atoms with van der Waals surface area (Å²) in [6, 6.07) is 3.37. The van der Waals surface area contributed by atoms with Crippen molar-refractivity contribution in [3.8, 4) is 10.8 Å². The first-order chi connectivity index (χ1) is 10.1. The quantitative estimate of drug-likeness (QED) is 0.935. The van der Waals surface area contributed by atoms with Crippen molar-refractivity contribution in [1.82, 2.24) is 15.1 Å². The van der Waals surface area contributed by atoms with Gasteiger partial charge in [0.2, 0.25) is 5.89 Å². The van der Waals surface area contributed by atoms with Crippen molar-refractivity contribution in [2.75, 3.05) is 6.54 Å². The van der Waals surface area contributed by atoms with E-state index in [-0.39, 0.29) is 5.92 Å². The van der Waals surface area contributed by atoms with Crippen molar-refractivity contribution in [2.24, 2.45) is 5.92 Å². The Morgan fingerprint density at radius 3 is 3.14 bits per heavy atom. The smallest absolute Gasteiger partial charge is 0.321 e. The second kappa shape index (κ2) is 5.95. The molecule has 1 N–H and O–H groups in total. The molecular weight excluding hydrogens is 290 g/mol. The van der Waals surface area contributed by atoms with Gasteiger partial charge >= 0.3 is 5.97 Å². The number of nitrogens with zero attached hydrogens (tertiary/aromatic N) is 3. The molecule has 2 aromatic rings. The van der Waals surface area contributed by atoms with E-state index in [0.717, 1.165) is 24.3 Å². The zero-order chi connectivity index (χ0) is 14.8. The summed E-state index contributed by atoms with van der Waals surface area (Å²) in [6.07, 6.45) is 1.94. The van der Waals surface area contributed by atoms with Crippen LogP contribution in [-0.4, -0.2) is 38.8 Å². The van der Waals surface area contributed by atoms with Crippen LogP contribution in [0.1, 0.15) is 25.7 Å². The summed E-state index contributed by atoms with van der Waals surface area (Å²) in [5.41, 5.74) is 0. The average Bonchev–Trinajstić information content (AvgIpc) is 3.08. The zero-order valence-electron chi connectivity index (χ0n) is 11.7. The van der Waals surface area contributed by atoms with E-state index in [1.807, 2.05) is 29.3 Å². The fourth-order valence-corrected chi connectivity index (χ4v) is 3.49. The van der Waals surface area contributed by atoms with E-state index in [9.17, 15) is 9.90 Å². The van der Waals surface area contributed by atoms with E-state index >= 15 is 0 Å². The summed E-state index contributed by atoms with van der Waals surface area (Å²) in [5, 5.41) is 19.4. The highest BCUT2D eigenvalue weighted by molar-refractivity contribution is 7.13. The molecule has 2 atom stereocenters. The molecule has 112 valence electrons. The molecular formula is C14H17N3O3S. The van der Waals surface area contributed by atoms with Gasteiger partial charge in [0.15, 0.2) is 0 Å². The molecule has 2 unspecified atom stereocenters. The van der Waals surface area contributed by atoms with Crippen molar-refractivity contribution in [3.63, 3.8) is 0 Å². The number of hydrogen-bond donors (Lipinski definition) is 1. The second-order valence-corrected chi connectivity index (χ2v) is 6.30. The highest BCUT2D eigenvalue weighted by Crippen LogP contribution is 2.27. The molecule has 0 amide bonds. The Kier molecular flexibility index (Phi) is 4.03. The van der Waals surface area contributed by atoms with Crippen LogP contribution in [0.4, 0.5) is 0 Å². The Morgan fingerprint density at radius 2 is 2.43 bits per heavy atom. The maximum atomic E-state index is 11.5. The van der Waals surface area contributed by atoms with E-state index in [1.165, 1.54) is 11.3 Å². The van der Waals surface area contributed by atoms with Crippen LogP contribution in [0.25, 0.3) is 10.8 Å². The van der Waals surface area contributed by atoms with Crippen LogP contribution in [0.15, 0.2) is 21.9 Å². The van der Waals surface area contributed by atoms with E-state index in [4.69, 9.17) is 4.42 Å². The van der Waals surface area contributed by atoms with Gasteiger partial charge in [-0.25, -0.2) is 0 Å². The Balaban J connectivity index is 1.75. The van der Waals surface area contributed by atoms with Gasteiger partial charge in [-0.2, -0.15) is 0 Å². The number of aromatic nitrogens is 2. The van der Waals surface area contributed by atoms with Gasteiger partial charge in [0, 0.05) is 0 Å². The minimum atomic E-state index is -0.778. The van der Waals surface area contributed by atoms with Gasteiger partial charge in [0.1, 0.15) is 6.04 Å². The molecule has 0 bridgehead atoms. The predicted molar refractivity (Wildman–Crippen MR) is 77.8 cm³/mol. The highest BCUT2D eigenvalue weighted by Gasteiger charge is 2.34. The maximum Gasteiger partial charge on any atom is 0.321 e. The molecule has 1 aliphatic rings. The Hall–Kier alpha value is -1.73. The Labute approximate surface area is 126 Å². The molecule has 1 saturated heterocycles. The van der Waals surface area contributed by atoms with Crippen LogP contribution < -0.4 is 0 Å². The third kappa shape index (κ3) is 2.98. The van der Waals surface area contributed by atoms with Gasteiger partial charge in [0.05, 0.1) is 11.4 Å². The van der Waals surface area contributed by atoms with Crippen LogP contribution in [0, 0.1) is 5.92 Å². The second-order valence-electron chi connectivity index (χ2n) is 5.35. The molecule has 6 nitrogen and oxygen atoms in total. The number of piperidine rings is 1. The lowest BCUT2D eigenvalue weighted by Gasteiger charge is -2.36. The lowest BCUT2D eigenvalue weighted by Crippen LogP contribution is -2.48. The third-order valence-corrected chi connectivity index (χ3v) is 4.69. The van der Waals surface area contributed by atoms with Gasteiger partial charge in [-0.05, 0) is 36.8 Å². The number of hydrogen-bond acceptors (Lipinski definition) is 6. The monoisotopic (exact) mass is 307 g/mol. The number of carboxylic acid groups (broad SMARTS) is 1. The molecule has 3 rings (SSSR count). The summed E-state index contributed by atoms with van der Waals surface area (Å²) in [5.74, 6) is 0.326. The molecule has 3 heterocycles. The summed E-state index contributed by atoms with van der Waals surface area (Å²) >= 11 is 1.54. The molecule has 7 heteroatoms. The highest BCUT2D eigenvalue weighted by atomic mass is 32.1. The normalized spacial score (nSPS) is 23.3. The van der Waals surface area contributed by atoms with Gasteiger partial charge in [-0.15, -0.1) is 21.5 Å². The fourth-order valence-electron chi connectivity index (χ4n) is 2.84. The number of thiophene rings is 1. The van der Waals surface area contributed by atoms with Gasteiger partial charge in [-0.1, -0.05) is 13.0 Å². The van der Waals surface area contributed by atoms with Gasteiger partial charge in [0.25, 0.3) is 5.89 Å². The fraction of sp³-hybridized carbons (Fsp3) is 0.500. The standard InChI is InChI=1S/C14H17N3O3S/c1-9-4-2-6-17(12(9)14(18)19)8-11-15-16-13(20-11)10-5-3-7-21-10/h3,5,7,9,12H,2,4,6,8H2,1H3,(H,18,19). The van der Waals surface area contributed by atoms with Crippen LogP contribution in [0.2, 0.25) is 0 Å². The van der Waals surface area contributed by atoms with Crippen LogP contribution in [-0.2, 0) is 11.3 Å². The topological polar surface area (TPSA) is 79.5 Å². The summed E-state index contributed by atoms with van der Waals surface area (Å²) in [7, 11) is 0. The Bertz CT molecular complexity index is 611. The molecule has 0 saturated carbocycles. The minimum Gasteiger partial charge on any atom is -0.480 e. The third-order valence-electron chi connectivity index (χ3n) is 3.83. The number of carboxylic acids is 1. The summed E-state index contributed by atoms with van der Waals surface area (Å²) in [6.45, 7) is 3.12.